The molecule has 0 unspecified atom stereocenters. The van der Waals surface area contributed by atoms with E-state index in [-0.39, 0.29) is 22.8 Å². The van der Waals surface area contributed by atoms with Crippen LogP contribution in [0.5, 0.6) is 0 Å². The molecule has 0 spiro atoms. The normalized spacial score (nSPS) is 15.7. The summed E-state index contributed by atoms with van der Waals surface area (Å²) in [5.74, 6) is -2.64. The predicted octanol–water partition coefficient (Wildman–Crippen LogP) is 4.75. The lowest BCUT2D eigenvalue weighted by Gasteiger charge is -2.23. The van der Waals surface area contributed by atoms with Crippen LogP contribution in [0.1, 0.15) is 39.3 Å². The molecule has 10 heteroatoms. The highest BCUT2D eigenvalue weighted by atomic mass is 32.1. The smallest absolute Gasteiger partial charge is 0.320 e. The van der Waals surface area contributed by atoms with E-state index in [9.17, 15) is 18.4 Å². The molecule has 31 heavy (non-hydrogen) atoms. The number of carbonyl (C=O) groups excluding carboxylic acids is 2. The van der Waals surface area contributed by atoms with E-state index >= 15 is 0 Å². The van der Waals surface area contributed by atoms with Crippen molar-refractivity contribution < 1.29 is 18.4 Å². The summed E-state index contributed by atoms with van der Waals surface area (Å²) in [5, 5.41) is 14.0. The number of halogens is 2. The minimum absolute atomic E-state index is 0.0749. The minimum Gasteiger partial charge on any atom is -0.320 e. The minimum atomic E-state index is -1.06. The van der Waals surface area contributed by atoms with Gasteiger partial charge in [0.05, 0.1) is 6.04 Å². The third-order valence-corrected chi connectivity index (χ3v) is 6.02. The number of hydrogen-bond donors (Lipinski definition) is 2. The molecular weight excluding hydrogens is 424 g/mol. The highest BCUT2D eigenvalue weighted by Gasteiger charge is 2.33. The van der Waals surface area contributed by atoms with Crippen LogP contribution in [0.4, 0.5) is 25.0 Å². The van der Waals surface area contributed by atoms with E-state index < -0.39 is 17.5 Å². The Morgan fingerprint density at radius 1 is 1.10 bits per heavy atom. The summed E-state index contributed by atoms with van der Waals surface area (Å²) >= 11 is 1.07. The Hall–Kier alpha value is -3.40. The number of hydrogen-bond acceptors (Lipinski definition) is 5. The Balaban J connectivity index is 1.45. The molecular formula is C21H19F2N5O2S. The van der Waals surface area contributed by atoms with Crippen molar-refractivity contribution in [3.63, 3.8) is 0 Å². The zero-order chi connectivity index (χ0) is 22.0. The number of urea groups is 1. The molecule has 1 aromatic heterocycles. The largest absolute Gasteiger partial charge is 0.322 e. The quantitative estimate of drug-likeness (QED) is 0.609. The van der Waals surface area contributed by atoms with Crippen LogP contribution in [0.15, 0.2) is 42.5 Å². The van der Waals surface area contributed by atoms with Gasteiger partial charge in [0.25, 0.3) is 5.91 Å². The fourth-order valence-corrected chi connectivity index (χ4v) is 4.27. The number of nitrogens with one attached hydrogen (secondary N) is 2. The van der Waals surface area contributed by atoms with Gasteiger partial charge in [-0.3, -0.25) is 4.79 Å². The Kier molecular flexibility index (Phi) is 5.90. The number of rotatable bonds is 4. The van der Waals surface area contributed by atoms with Gasteiger partial charge >= 0.3 is 6.03 Å². The van der Waals surface area contributed by atoms with E-state index in [2.05, 4.69) is 20.8 Å². The first kappa shape index (κ1) is 20.9. The van der Waals surface area contributed by atoms with Crippen molar-refractivity contribution in [3.8, 4) is 0 Å². The van der Waals surface area contributed by atoms with Crippen molar-refractivity contribution in [3.05, 3.63) is 69.7 Å². The third-order valence-electron chi connectivity index (χ3n) is 5.00. The van der Waals surface area contributed by atoms with Gasteiger partial charge in [-0.05, 0) is 43.5 Å². The average molecular weight is 443 g/mol. The Morgan fingerprint density at radius 2 is 1.90 bits per heavy atom. The van der Waals surface area contributed by atoms with E-state index in [1.165, 1.54) is 6.07 Å². The number of anilines is 2. The van der Waals surface area contributed by atoms with Crippen molar-refractivity contribution in [1.29, 1.82) is 0 Å². The molecule has 0 radical (unpaired) electrons. The molecule has 2 heterocycles. The first-order valence-corrected chi connectivity index (χ1v) is 10.5. The van der Waals surface area contributed by atoms with Gasteiger partial charge in [0.1, 0.15) is 5.01 Å². The van der Waals surface area contributed by atoms with Gasteiger partial charge in [-0.15, -0.1) is 10.2 Å². The topological polar surface area (TPSA) is 87.2 Å². The first-order chi connectivity index (χ1) is 14.9. The zero-order valence-electron chi connectivity index (χ0n) is 16.6. The fraction of sp³-hybridized carbons (Fsp3) is 0.238. The number of nitrogens with zero attached hydrogens (tertiary/aromatic N) is 3. The fourth-order valence-electron chi connectivity index (χ4n) is 3.39. The summed E-state index contributed by atoms with van der Waals surface area (Å²) < 4.78 is 26.4. The molecule has 2 aromatic carbocycles. The van der Waals surface area contributed by atoms with Gasteiger partial charge in [-0.25, -0.2) is 13.6 Å². The van der Waals surface area contributed by atoms with Crippen LogP contribution in [-0.2, 0) is 0 Å². The van der Waals surface area contributed by atoms with Crippen molar-refractivity contribution >= 4 is 34.6 Å². The lowest BCUT2D eigenvalue weighted by atomic mass is 10.2. The number of aromatic nitrogens is 2. The molecule has 1 aliphatic rings. The summed E-state index contributed by atoms with van der Waals surface area (Å²) in [4.78, 5) is 26.9. The molecule has 3 aromatic rings. The van der Waals surface area contributed by atoms with Crippen LogP contribution in [-0.4, -0.2) is 33.6 Å². The van der Waals surface area contributed by atoms with Gasteiger partial charge in [0.15, 0.2) is 11.6 Å². The van der Waals surface area contributed by atoms with Crippen molar-refractivity contribution in [2.75, 3.05) is 17.2 Å². The van der Waals surface area contributed by atoms with Crippen LogP contribution in [0.2, 0.25) is 0 Å². The second kappa shape index (κ2) is 8.76. The van der Waals surface area contributed by atoms with E-state index in [4.69, 9.17) is 0 Å². The van der Waals surface area contributed by atoms with E-state index in [0.717, 1.165) is 41.1 Å². The zero-order valence-corrected chi connectivity index (χ0v) is 17.4. The van der Waals surface area contributed by atoms with Gasteiger partial charge in [-0.1, -0.05) is 29.5 Å². The maximum atomic E-state index is 13.3. The summed E-state index contributed by atoms with van der Waals surface area (Å²) in [6.07, 6.45) is 1.52. The standard InChI is InChI=1S/C21H19F2N5O2S/c1-12-5-2-3-6-16(12)25-21(30)28-10-4-7-17(28)19-26-27-20(31-19)18(29)24-13-8-9-14(22)15(23)11-13/h2-3,5-6,8-9,11,17H,4,7,10H2,1H3,(H,24,29)(H,25,30)/t17-/m0/s1. The Labute approximate surface area is 181 Å². The van der Waals surface area contributed by atoms with Gasteiger partial charge in [-0.2, -0.15) is 0 Å². The van der Waals surface area contributed by atoms with Gasteiger partial charge < -0.3 is 15.5 Å². The highest BCUT2D eigenvalue weighted by Crippen LogP contribution is 2.34. The number of carbonyl (C=O) groups is 2. The maximum Gasteiger partial charge on any atom is 0.322 e. The molecule has 1 aliphatic heterocycles. The lowest BCUT2D eigenvalue weighted by Crippen LogP contribution is -2.34. The van der Waals surface area contributed by atoms with Crippen molar-refractivity contribution in [2.24, 2.45) is 0 Å². The van der Waals surface area contributed by atoms with Gasteiger partial charge in [0.2, 0.25) is 5.01 Å². The number of para-hydroxylation sites is 1. The molecule has 4 rings (SSSR count). The van der Waals surface area contributed by atoms with Crippen LogP contribution in [0.25, 0.3) is 0 Å². The highest BCUT2D eigenvalue weighted by molar-refractivity contribution is 7.13. The van der Waals surface area contributed by atoms with Crippen molar-refractivity contribution in [2.45, 2.75) is 25.8 Å². The molecule has 0 saturated carbocycles. The van der Waals surface area contributed by atoms with E-state index in [1.54, 1.807) is 4.90 Å². The second-order valence-corrected chi connectivity index (χ2v) is 8.13. The van der Waals surface area contributed by atoms with Crippen LogP contribution < -0.4 is 10.6 Å². The predicted molar refractivity (Wildman–Crippen MR) is 113 cm³/mol. The summed E-state index contributed by atoms with van der Waals surface area (Å²) in [6.45, 7) is 2.48. The van der Waals surface area contributed by atoms with Gasteiger partial charge in [0, 0.05) is 24.0 Å². The molecule has 1 fully saturated rings. The van der Waals surface area contributed by atoms with Crippen LogP contribution in [0.3, 0.4) is 0 Å². The lowest BCUT2D eigenvalue weighted by molar-refractivity contribution is 0.102. The number of aryl methyl sites for hydroxylation is 1. The van der Waals surface area contributed by atoms with Crippen LogP contribution in [0, 0.1) is 18.6 Å². The summed E-state index contributed by atoms with van der Waals surface area (Å²) in [6, 6.07) is 10.1. The number of likely N-dealkylation sites (tertiary alicyclic amines) is 1. The Bertz CT molecular complexity index is 1140. The van der Waals surface area contributed by atoms with E-state index in [0.29, 0.717) is 18.0 Å². The summed E-state index contributed by atoms with van der Waals surface area (Å²) in [7, 11) is 0. The van der Waals surface area contributed by atoms with Crippen LogP contribution >= 0.6 is 11.3 Å². The summed E-state index contributed by atoms with van der Waals surface area (Å²) in [5.41, 5.74) is 1.81. The SMILES string of the molecule is Cc1ccccc1NC(=O)N1CCC[C@H]1c1nnc(C(=O)Nc2ccc(F)c(F)c2)s1. The molecule has 0 aliphatic carbocycles. The molecule has 1 saturated heterocycles. The maximum absolute atomic E-state index is 13.3. The van der Waals surface area contributed by atoms with Crippen molar-refractivity contribution in [1.82, 2.24) is 15.1 Å². The molecule has 160 valence electrons. The monoisotopic (exact) mass is 443 g/mol. The Morgan fingerprint density at radius 3 is 2.68 bits per heavy atom. The molecule has 3 amide bonds. The second-order valence-electron chi connectivity index (χ2n) is 7.12. The molecule has 0 bridgehead atoms. The molecule has 1 atom stereocenters. The third kappa shape index (κ3) is 4.53. The first-order valence-electron chi connectivity index (χ1n) is 9.65. The number of benzene rings is 2. The number of amides is 3. The molecule has 7 nitrogen and oxygen atoms in total. The average Bonchev–Trinajstić information content (AvgIpc) is 3.42. The van der Waals surface area contributed by atoms with E-state index in [1.807, 2.05) is 31.2 Å². The molecule has 2 N–H and O–H groups in total.